The molecule has 0 aliphatic carbocycles. The van der Waals surface area contributed by atoms with Crippen LogP contribution in [0.5, 0.6) is 5.75 Å². The summed E-state index contributed by atoms with van der Waals surface area (Å²) in [6, 6.07) is 17.0. The zero-order chi connectivity index (χ0) is 14.4. The maximum absolute atomic E-state index is 11.9. The maximum Gasteiger partial charge on any atom is 0.514 e. The number of rotatable bonds is 4. The first-order chi connectivity index (χ1) is 9.70. The number of para-hydroxylation sites is 1. The van der Waals surface area contributed by atoms with Crippen molar-refractivity contribution in [2.24, 2.45) is 0 Å². The molecule has 0 heterocycles. The van der Waals surface area contributed by atoms with Gasteiger partial charge in [0.2, 0.25) is 0 Å². The first-order valence-corrected chi connectivity index (χ1v) is 6.69. The highest BCUT2D eigenvalue weighted by atomic mass is 16.7. The molecule has 104 valence electrons. The lowest BCUT2D eigenvalue weighted by Gasteiger charge is -2.16. The second-order valence-corrected chi connectivity index (χ2v) is 4.54. The van der Waals surface area contributed by atoms with Crippen molar-refractivity contribution < 1.29 is 14.3 Å². The lowest BCUT2D eigenvalue weighted by atomic mass is 10.1. The van der Waals surface area contributed by atoms with Crippen molar-refractivity contribution >= 4 is 6.16 Å². The molecule has 3 nitrogen and oxygen atoms in total. The molecule has 0 aliphatic heterocycles. The van der Waals surface area contributed by atoms with Gasteiger partial charge in [-0.25, -0.2) is 4.79 Å². The highest BCUT2D eigenvalue weighted by Crippen LogP contribution is 2.23. The van der Waals surface area contributed by atoms with Gasteiger partial charge >= 0.3 is 6.16 Å². The van der Waals surface area contributed by atoms with Gasteiger partial charge in [0.25, 0.3) is 0 Å². The lowest BCUT2D eigenvalue weighted by Crippen LogP contribution is -2.15. The number of hydrogen-bond donors (Lipinski definition) is 0. The summed E-state index contributed by atoms with van der Waals surface area (Å²) in [5.74, 6) is 0.528. The number of ether oxygens (including phenoxy) is 2. The minimum Gasteiger partial charge on any atom is -0.426 e. The van der Waals surface area contributed by atoms with E-state index in [1.165, 1.54) is 0 Å². The molecule has 0 aliphatic rings. The third kappa shape index (κ3) is 3.60. The van der Waals surface area contributed by atoms with Crippen molar-refractivity contribution in [1.29, 1.82) is 0 Å². The predicted octanol–water partition coefficient (Wildman–Crippen LogP) is 4.66. The van der Waals surface area contributed by atoms with E-state index in [0.29, 0.717) is 12.2 Å². The van der Waals surface area contributed by atoms with Gasteiger partial charge in [-0.3, -0.25) is 0 Å². The Bertz CT molecular complexity index is 563. The van der Waals surface area contributed by atoms with Gasteiger partial charge in [0.1, 0.15) is 11.9 Å². The summed E-state index contributed by atoms with van der Waals surface area (Å²) in [6.07, 6.45) is -0.255. The number of hydrogen-bond acceptors (Lipinski definition) is 3. The van der Waals surface area contributed by atoms with Crippen LogP contribution in [0, 0.1) is 6.92 Å². The van der Waals surface area contributed by atoms with Gasteiger partial charge < -0.3 is 9.47 Å². The zero-order valence-corrected chi connectivity index (χ0v) is 11.7. The Balaban J connectivity index is 2.02. The monoisotopic (exact) mass is 270 g/mol. The first-order valence-electron chi connectivity index (χ1n) is 6.69. The van der Waals surface area contributed by atoms with Crippen LogP contribution in [0.2, 0.25) is 0 Å². The molecule has 1 atom stereocenters. The van der Waals surface area contributed by atoms with Gasteiger partial charge in [-0.15, -0.1) is 0 Å². The van der Waals surface area contributed by atoms with Crippen molar-refractivity contribution in [3.05, 3.63) is 65.7 Å². The largest absolute Gasteiger partial charge is 0.514 e. The van der Waals surface area contributed by atoms with Crippen molar-refractivity contribution in [2.75, 3.05) is 0 Å². The Kier molecular flexibility index (Phi) is 4.77. The minimum atomic E-state index is -0.671. The van der Waals surface area contributed by atoms with E-state index in [1.807, 2.05) is 62.4 Å². The molecule has 3 heteroatoms. The molecular weight excluding hydrogens is 252 g/mol. The van der Waals surface area contributed by atoms with Gasteiger partial charge in [0, 0.05) is 0 Å². The Morgan fingerprint density at radius 3 is 2.35 bits per heavy atom. The van der Waals surface area contributed by atoms with Crippen molar-refractivity contribution in [1.82, 2.24) is 0 Å². The molecule has 20 heavy (non-hydrogen) atoms. The van der Waals surface area contributed by atoms with Crippen LogP contribution in [-0.2, 0) is 4.74 Å². The standard InChI is InChI=1S/C17H18O3/c1-3-15(14-10-5-4-6-11-14)19-17(18)20-16-12-8-7-9-13(16)2/h4-12,15H,3H2,1-2H3. The highest BCUT2D eigenvalue weighted by Gasteiger charge is 2.16. The molecule has 0 bridgehead atoms. The molecule has 0 N–H and O–H groups in total. The summed E-state index contributed by atoms with van der Waals surface area (Å²) >= 11 is 0. The van der Waals surface area contributed by atoms with Crippen LogP contribution < -0.4 is 4.74 Å². The van der Waals surface area contributed by atoms with Crippen LogP contribution in [-0.4, -0.2) is 6.16 Å². The molecule has 0 spiro atoms. The summed E-state index contributed by atoms with van der Waals surface area (Å²) in [5, 5.41) is 0. The number of benzene rings is 2. The third-order valence-corrected chi connectivity index (χ3v) is 3.07. The Morgan fingerprint density at radius 2 is 1.70 bits per heavy atom. The Labute approximate surface area is 119 Å². The van der Waals surface area contributed by atoms with E-state index in [2.05, 4.69) is 0 Å². The van der Waals surface area contributed by atoms with Gasteiger partial charge in [-0.1, -0.05) is 55.5 Å². The minimum absolute atomic E-state index is 0.285. The van der Waals surface area contributed by atoms with Crippen molar-refractivity contribution in [2.45, 2.75) is 26.4 Å². The Morgan fingerprint density at radius 1 is 1.05 bits per heavy atom. The quantitative estimate of drug-likeness (QED) is 0.598. The highest BCUT2D eigenvalue weighted by molar-refractivity contribution is 5.64. The van der Waals surface area contributed by atoms with E-state index >= 15 is 0 Å². The summed E-state index contributed by atoms with van der Waals surface area (Å²) in [6.45, 7) is 3.86. The van der Waals surface area contributed by atoms with Crippen molar-refractivity contribution in [3.8, 4) is 5.75 Å². The lowest BCUT2D eigenvalue weighted by molar-refractivity contribution is 0.0559. The summed E-state index contributed by atoms with van der Waals surface area (Å²) < 4.78 is 10.6. The normalized spacial score (nSPS) is 11.7. The van der Waals surface area contributed by atoms with E-state index in [1.54, 1.807) is 6.07 Å². The number of carbonyl (C=O) groups is 1. The fourth-order valence-corrected chi connectivity index (χ4v) is 1.96. The summed E-state index contributed by atoms with van der Waals surface area (Å²) in [5.41, 5.74) is 1.87. The molecule has 0 amide bonds. The van der Waals surface area contributed by atoms with Crippen LogP contribution in [0.4, 0.5) is 4.79 Å². The van der Waals surface area contributed by atoms with Crippen LogP contribution in [0.3, 0.4) is 0 Å². The van der Waals surface area contributed by atoms with Gasteiger partial charge in [0.15, 0.2) is 0 Å². The fraction of sp³-hybridized carbons (Fsp3) is 0.235. The molecule has 0 saturated carbocycles. The molecular formula is C17H18O3. The van der Waals surface area contributed by atoms with Crippen LogP contribution in [0.1, 0.15) is 30.6 Å². The average Bonchev–Trinajstić information content (AvgIpc) is 2.48. The van der Waals surface area contributed by atoms with Gasteiger partial charge in [-0.2, -0.15) is 0 Å². The topological polar surface area (TPSA) is 35.5 Å². The van der Waals surface area contributed by atoms with Crippen LogP contribution >= 0.6 is 0 Å². The summed E-state index contributed by atoms with van der Waals surface area (Å²) in [4.78, 5) is 11.9. The first kappa shape index (κ1) is 14.1. The molecule has 0 aromatic heterocycles. The second-order valence-electron chi connectivity index (χ2n) is 4.54. The van der Waals surface area contributed by atoms with E-state index in [-0.39, 0.29) is 6.10 Å². The zero-order valence-electron chi connectivity index (χ0n) is 11.7. The third-order valence-electron chi connectivity index (χ3n) is 3.07. The molecule has 2 rings (SSSR count). The van der Waals surface area contributed by atoms with E-state index in [0.717, 1.165) is 11.1 Å². The van der Waals surface area contributed by atoms with Crippen LogP contribution in [0.25, 0.3) is 0 Å². The second kappa shape index (κ2) is 6.75. The smallest absolute Gasteiger partial charge is 0.426 e. The average molecular weight is 270 g/mol. The molecule has 0 fully saturated rings. The number of carbonyl (C=O) groups excluding carboxylic acids is 1. The SMILES string of the molecule is CCC(OC(=O)Oc1ccccc1C)c1ccccc1. The van der Waals surface area contributed by atoms with Gasteiger partial charge in [0.05, 0.1) is 0 Å². The molecule has 0 radical (unpaired) electrons. The Hall–Kier alpha value is -2.29. The van der Waals surface area contributed by atoms with Gasteiger partial charge in [-0.05, 0) is 30.5 Å². The molecule has 1 unspecified atom stereocenters. The fourth-order valence-electron chi connectivity index (χ4n) is 1.96. The molecule has 0 saturated heterocycles. The predicted molar refractivity (Wildman–Crippen MR) is 77.8 cm³/mol. The maximum atomic E-state index is 11.9. The van der Waals surface area contributed by atoms with E-state index in [9.17, 15) is 4.79 Å². The summed E-state index contributed by atoms with van der Waals surface area (Å²) in [7, 11) is 0. The number of aryl methyl sites for hydroxylation is 1. The van der Waals surface area contributed by atoms with E-state index in [4.69, 9.17) is 9.47 Å². The van der Waals surface area contributed by atoms with Crippen LogP contribution in [0.15, 0.2) is 54.6 Å². The van der Waals surface area contributed by atoms with Crippen molar-refractivity contribution in [3.63, 3.8) is 0 Å². The molecule has 2 aromatic carbocycles. The molecule has 2 aromatic rings. The van der Waals surface area contributed by atoms with E-state index < -0.39 is 6.16 Å².